The van der Waals surface area contributed by atoms with Crippen molar-refractivity contribution in [3.63, 3.8) is 0 Å². The third-order valence-electron chi connectivity index (χ3n) is 4.22. The van der Waals surface area contributed by atoms with E-state index in [9.17, 15) is 8.42 Å². The Hall–Kier alpha value is -0.130. The van der Waals surface area contributed by atoms with Crippen LogP contribution in [0.15, 0.2) is 0 Å². The molecular weight excluding hydrogens is 260 g/mol. The van der Waals surface area contributed by atoms with E-state index in [0.29, 0.717) is 11.8 Å². The Balaban J connectivity index is 1.72. The van der Waals surface area contributed by atoms with Crippen molar-refractivity contribution < 1.29 is 8.42 Å². The van der Waals surface area contributed by atoms with Gasteiger partial charge in [0.05, 0.1) is 5.75 Å². The minimum absolute atomic E-state index is 0.278. The summed E-state index contributed by atoms with van der Waals surface area (Å²) in [6.45, 7) is 6.09. The largest absolute Gasteiger partial charge is 0.313 e. The predicted octanol–water partition coefficient (Wildman–Crippen LogP) is 1.28. The second-order valence-corrected chi connectivity index (χ2v) is 8.56. The number of hydrogen-bond acceptors (Lipinski definition) is 4. The molecule has 1 N–H and O–H groups in total. The van der Waals surface area contributed by atoms with E-state index in [4.69, 9.17) is 0 Å². The molecule has 1 aliphatic heterocycles. The summed E-state index contributed by atoms with van der Waals surface area (Å²) in [6.07, 6.45) is 6.07. The monoisotopic (exact) mass is 288 g/mol. The molecule has 2 aliphatic rings. The first-order chi connectivity index (χ1) is 9.09. The Labute approximate surface area is 117 Å². The number of nitrogens with one attached hydrogen (secondary N) is 1. The molecule has 4 nitrogen and oxygen atoms in total. The lowest BCUT2D eigenvalue weighted by Gasteiger charge is -2.25. The van der Waals surface area contributed by atoms with Gasteiger partial charge in [0.15, 0.2) is 0 Å². The minimum Gasteiger partial charge on any atom is -0.313 e. The van der Waals surface area contributed by atoms with Crippen LogP contribution in [0, 0.1) is 5.92 Å². The van der Waals surface area contributed by atoms with Gasteiger partial charge in [-0.2, -0.15) is 0 Å². The molecule has 2 rings (SSSR count). The Morgan fingerprint density at radius 3 is 2.58 bits per heavy atom. The summed E-state index contributed by atoms with van der Waals surface area (Å²) in [7, 11) is -2.80. The van der Waals surface area contributed by atoms with Gasteiger partial charge in [-0.05, 0) is 51.1 Å². The fourth-order valence-corrected chi connectivity index (χ4v) is 3.66. The van der Waals surface area contributed by atoms with Crippen molar-refractivity contribution in [2.75, 3.05) is 37.7 Å². The van der Waals surface area contributed by atoms with Gasteiger partial charge in [-0.1, -0.05) is 6.92 Å². The molecule has 1 aliphatic carbocycles. The summed E-state index contributed by atoms with van der Waals surface area (Å²) in [4.78, 5) is 2.49. The van der Waals surface area contributed by atoms with E-state index in [2.05, 4.69) is 10.2 Å². The first-order valence-electron chi connectivity index (χ1n) is 7.75. The minimum atomic E-state index is -2.80. The van der Waals surface area contributed by atoms with Crippen LogP contribution in [-0.2, 0) is 9.84 Å². The van der Waals surface area contributed by atoms with E-state index in [-0.39, 0.29) is 5.75 Å². The van der Waals surface area contributed by atoms with Gasteiger partial charge >= 0.3 is 0 Å². The van der Waals surface area contributed by atoms with Crippen LogP contribution in [-0.4, -0.2) is 57.0 Å². The smallest absolute Gasteiger partial charge is 0.150 e. The van der Waals surface area contributed by atoms with Crippen molar-refractivity contribution in [2.24, 2.45) is 5.92 Å². The van der Waals surface area contributed by atoms with Gasteiger partial charge in [-0.25, -0.2) is 8.42 Å². The first kappa shape index (κ1) is 15.3. The van der Waals surface area contributed by atoms with Crippen LogP contribution in [0.5, 0.6) is 0 Å². The van der Waals surface area contributed by atoms with E-state index in [1.54, 1.807) is 6.92 Å². The average molecular weight is 288 g/mol. The second kappa shape index (κ2) is 7.04. The molecule has 2 fully saturated rings. The molecule has 0 bridgehead atoms. The maximum absolute atomic E-state index is 11.5. The van der Waals surface area contributed by atoms with Gasteiger partial charge in [0.25, 0.3) is 0 Å². The first-order valence-corrected chi connectivity index (χ1v) is 9.57. The lowest BCUT2D eigenvalue weighted by Crippen LogP contribution is -2.39. The molecule has 0 aromatic carbocycles. The molecule has 0 radical (unpaired) electrons. The van der Waals surface area contributed by atoms with Crippen molar-refractivity contribution in [1.29, 1.82) is 0 Å². The summed E-state index contributed by atoms with van der Waals surface area (Å²) in [5.74, 6) is 1.51. The van der Waals surface area contributed by atoms with Crippen molar-refractivity contribution in [3.8, 4) is 0 Å². The maximum Gasteiger partial charge on any atom is 0.150 e. The van der Waals surface area contributed by atoms with E-state index in [1.165, 1.54) is 32.2 Å². The Morgan fingerprint density at radius 2 is 2.00 bits per heavy atom. The molecule has 1 atom stereocenters. The molecule has 112 valence electrons. The standard InChI is InChI=1S/C14H28N2O2S/c1-2-19(17,18)10-4-9-16(11-13-6-7-13)12-14-5-3-8-15-14/h13-15H,2-12H2,1H3. The summed E-state index contributed by atoms with van der Waals surface area (Å²) in [6, 6.07) is 0.626. The van der Waals surface area contributed by atoms with Crippen molar-refractivity contribution in [3.05, 3.63) is 0 Å². The Morgan fingerprint density at radius 1 is 1.21 bits per heavy atom. The van der Waals surface area contributed by atoms with E-state index in [1.807, 2.05) is 0 Å². The van der Waals surface area contributed by atoms with Gasteiger partial charge < -0.3 is 10.2 Å². The zero-order valence-electron chi connectivity index (χ0n) is 12.1. The van der Waals surface area contributed by atoms with Crippen LogP contribution in [0.4, 0.5) is 0 Å². The van der Waals surface area contributed by atoms with Gasteiger partial charge in [-0.15, -0.1) is 0 Å². The summed E-state index contributed by atoms with van der Waals surface area (Å²) in [5, 5.41) is 3.54. The molecule has 1 saturated carbocycles. The van der Waals surface area contributed by atoms with Gasteiger partial charge in [0, 0.05) is 24.9 Å². The fraction of sp³-hybridized carbons (Fsp3) is 1.00. The summed E-state index contributed by atoms with van der Waals surface area (Å²) >= 11 is 0. The van der Waals surface area contributed by atoms with Crippen molar-refractivity contribution in [2.45, 2.75) is 45.1 Å². The van der Waals surface area contributed by atoms with Crippen LogP contribution >= 0.6 is 0 Å². The van der Waals surface area contributed by atoms with E-state index >= 15 is 0 Å². The van der Waals surface area contributed by atoms with E-state index < -0.39 is 9.84 Å². The van der Waals surface area contributed by atoms with Crippen LogP contribution in [0.1, 0.15) is 39.0 Å². The van der Waals surface area contributed by atoms with Crippen molar-refractivity contribution in [1.82, 2.24) is 10.2 Å². The average Bonchev–Trinajstić information content (AvgIpc) is 3.03. The van der Waals surface area contributed by atoms with Crippen LogP contribution in [0.3, 0.4) is 0 Å². The van der Waals surface area contributed by atoms with Gasteiger partial charge in [-0.3, -0.25) is 0 Å². The number of rotatable bonds is 9. The zero-order valence-corrected chi connectivity index (χ0v) is 12.9. The Bertz CT molecular complexity index is 360. The van der Waals surface area contributed by atoms with Gasteiger partial charge in [0.2, 0.25) is 0 Å². The molecule has 19 heavy (non-hydrogen) atoms. The molecule has 0 amide bonds. The molecule has 0 aromatic heterocycles. The molecule has 1 saturated heterocycles. The number of nitrogens with zero attached hydrogens (tertiary/aromatic N) is 1. The predicted molar refractivity (Wildman–Crippen MR) is 79.1 cm³/mol. The Kier molecular flexibility index (Phi) is 5.66. The highest BCUT2D eigenvalue weighted by molar-refractivity contribution is 7.91. The second-order valence-electron chi connectivity index (χ2n) is 6.09. The SMILES string of the molecule is CCS(=O)(=O)CCCN(CC1CC1)CC1CCCN1. The maximum atomic E-state index is 11.5. The quantitative estimate of drug-likeness (QED) is 0.694. The summed E-state index contributed by atoms with van der Waals surface area (Å²) in [5.41, 5.74) is 0. The van der Waals surface area contributed by atoms with Gasteiger partial charge in [0.1, 0.15) is 9.84 Å². The van der Waals surface area contributed by atoms with Crippen LogP contribution in [0.2, 0.25) is 0 Å². The zero-order chi connectivity index (χ0) is 13.7. The third-order valence-corrected chi connectivity index (χ3v) is 6.01. The number of hydrogen-bond donors (Lipinski definition) is 1. The third kappa shape index (κ3) is 5.79. The lowest BCUT2D eigenvalue weighted by atomic mass is 10.2. The highest BCUT2D eigenvalue weighted by atomic mass is 32.2. The lowest BCUT2D eigenvalue weighted by molar-refractivity contribution is 0.240. The molecule has 0 aromatic rings. The van der Waals surface area contributed by atoms with Crippen LogP contribution in [0.25, 0.3) is 0 Å². The highest BCUT2D eigenvalue weighted by Crippen LogP contribution is 2.30. The molecule has 1 heterocycles. The molecular formula is C14H28N2O2S. The fourth-order valence-electron chi connectivity index (χ4n) is 2.80. The topological polar surface area (TPSA) is 49.4 Å². The highest BCUT2D eigenvalue weighted by Gasteiger charge is 2.26. The summed E-state index contributed by atoms with van der Waals surface area (Å²) < 4.78 is 23.1. The normalized spacial score (nSPS) is 24.2. The molecule has 0 spiro atoms. The van der Waals surface area contributed by atoms with Crippen molar-refractivity contribution >= 4 is 9.84 Å². The molecule has 5 heteroatoms. The van der Waals surface area contributed by atoms with E-state index in [0.717, 1.165) is 32.0 Å². The van der Waals surface area contributed by atoms with Crippen LogP contribution < -0.4 is 5.32 Å². The molecule has 1 unspecified atom stereocenters. The number of sulfone groups is 1.